The number of nitrogens with one attached hydrogen (secondary N) is 1. The zero-order chi connectivity index (χ0) is 24.2. The van der Waals surface area contributed by atoms with Crippen molar-refractivity contribution in [3.05, 3.63) is 87.7 Å². The van der Waals surface area contributed by atoms with Crippen molar-refractivity contribution in [2.75, 3.05) is 12.4 Å². The Kier molecular flexibility index (Phi) is 6.87. The molecule has 0 fully saturated rings. The number of carbonyl (C=O) groups excluding carboxylic acids is 1. The standard InChI is InChI=1S/C25H19ClN4O3S/c1-15(23(31)28-18-7-5-6-16(12-18)14-27)34-25-29-20-13-17(26)10-11-19(20)24(32)30(25)21-8-3-4-9-22(21)33-2/h3-13,15H,1-2H3,(H,28,31). The second kappa shape index (κ2) is 10.00. The first-order valence-electron chi connectivity index (χ1n) is 10.2. The van der Waals surface area contributed by atoms with Crippen molar-refractivity contribution in [1.82, 2.24) is 9.55 Å². The van der Waals surface area contributed by atoms with Gasteiger partial charge in [-0.3, -0.25) is 14.2 Å². The molecule has 0 aliphatic heterocycles. The van der Waals surface area contributed by atoms with Crippen LogP contribution in [0.3, 0.4) is 0 Å². The Hall–Kier alpha value is -3.80. The van der Waals surface area contributed by atoms with Gasteiger partial charge in [0.15, 0.2) is 5.16 Å². The first-order valence-corrected chi connectivity index (χ1v) is 11.5. The van der Waals surface area contributed by atoms with Crippen molar-refractivity contribution in [2.45, 2.75) is 17.3 Å². The number of nitrogens with zero attached hydrogens (tertiary/aromatic N) is 3. The van der Waals surface area contributed by atoms with Crippen LogP contribution in [-0.4, -0.2) is 27.8 Å². The maximum atomic E-state index is 13.5. The second-order valence-electron chi connectivity index (χ2n) is 7.31. The number of ether oxygens (including phenoxy) is 1. The summed E-state index contributed by atoms with van der Waals surface area (Å²) in [6.45, 7) is 1.72. The van der Waals surface area contributed by atoms with Gasteiger partial charge < -0.3 is 10.1 Å². The Morgan fingerprint density at radius 3 is 2.74 bits per heavy atom. The maximum Gasteiger partial charge on any atom is 0.266 e. The van der Waals surface area contributed by atoms with Crippen molar-refractivity contribution in [3.63, 3.8) is 0 Å². The molecule has 0 aliphatic rings. The lowest BCUT2D eigenvalue weighted by atomic mass is 10.2. The van der Waals surface area contributed by atoms with Gasteiger partial charge in [-0.05, 0) is 55.5 Å². The third-order valence-corrected chi connectivity index (χ3v) is 6.32. The molecular formula is C25H19ClN4O3S. The molecule has 1 amide bonds. The van der Waals surface area contributed by atoms with Gasteiger partial charge in [0.25, 0.3) is 5.56 Å². The molecule has 0 aliphatic carbocycles. The molecule has 1 unspecified atom stereocenters. The zero-order valence-electron chi connectivity index (χ0n) is 18.3. The second-order valence-corrected chi connectivity index (χ2v) is 9.05. The molecule has 34 heavy (non-hydrogen) atoms. The minimum atomic E-state index is -0.616. The van der Waals surface area contributed by atoms with E-state index in [0.29, 0.717) is 43.8 Å². The number of hydrogen-bond acceptors (Lipinski definition) is 6. The maximum absolute atomic E-state index is 13.5. The first kappa shape index (κ1) is 23.4. The van der Waals surface area contributed by atoms with Gasteiger partial charge in [0.05, 0.1) is 40.6 Å². The van der Waals surface area contributed by atoms with Crippen molar-refractivity contribution in [2.24, 2.45) is 0 Å². The van der Waals surface area contributed by atoms with Crippen molar-refractivity contribution in [3.8, 4) is 17.5 Å². The largest absolute Gasteiger partial charge is 0.495 e. The minimum Gasteiger partial charge on any atom is -0.495 e. The number of thioether (sulfide) groups is 1. The molecule has 9 heteroatoms. The van der Waals surface area contributed by atoms with Crippen molar-refractivity contribution < 1.29 is 9.53 Å². The summed E-state index contributed by atoms with van der Waals surface area (Å²) in [5.74, 6) is 0.194. The molecule has 1 aromatic heterocycles. The van der Waals surface area contributed by atoms with E-state index in [2.05, 4.69) is 10.3 Å². The summed E-state index contributed by atoms with van der Waals surface area (Å²) in [6, 6.07) is 20.7. The summed E-state index contributed by atoms with van der Waals surface area (Å²) < 4.78 is 6.91. The molecule has 0 spiro atoms. The highest BCUT2D eigenvalue weighted by molar-refractivity contribution is 8.00. The van der Waals surface area contributed by atoms with Crippen LogP contribution in [0.15, 0.2) is 76.7 Å². The van der Waals surface area contributed by atoms with Gasteiger partial charge in [0, 0.05) is 10.7 Å². The van der Waals surface area contributed by atoms with Gasteiger partial charge in [-0.15, -0.1) is 0 Å². The van der Waals surface area contributed by atoms with Gasteiger partial charge in [-0.1, -0.05) is 41.6 Å². The highest BCUT2D eigenvalue weighted by atomic mass is 35.5. The number of nitriles is 1. The Bertz CT molecular complexity index is 1500. The molecule has 7 nitrogen and oxygen atoms in total. The average Bonchev–Trinajstić information content (AvgIpc) is 2.84. The van der Waals surface area contributed by atoms with E-state index in [0.717, 1.165) is 11.8 Å². The number of amides is 1. The van der Waals surface area contributed by atoms with E-state index >= 15 is 0 Å². The van der Waals surface area contributed by atoms with Gasteiger partial charge in [-0.25, -0.2) is 4.98 Å². The van der Waals surface area contributed by atoms with Gasteiger partial charge in [0.2, 0.25) is 5.91 Å². The molecule has 1 atom stereocenters. The highest BCUT2D eigenvalue weighted by Crippen LogP contribution is 2.30. The molecule has 3 aromatic carbocycles. The van der Waals surface area contributed by atoms with Crippen LogP contribution >= 0.6 is 23.4 Å². The number of carbonyl (C=O) groups is 1. The van der Waals surface area contributed by atoms with Crippen LogP contribution in [0.4, 0.5) is 5.69 Å². The van der Waals surface area contributed by atoms with Crippen LogP contribution in [0.2, 0.25) is 5.02 Å². The summed E-state index contributed by atoms with van der Waals surface area (Å²) in [5.41, 5.74) is 1.59. The fourth-order valence-electron chi connectivity index (χ4n) is 3.37. The lowest BCUT2D eigenvalue weighted by Gasteiger charge is -2.18. The van der Waals surface area contributed by atoms with Gasteiger partial charge in [-0.2, -0.15) is 5.26 Å². The molecular weight excluding hydrogens is 472 g/mol. The van der Waals surface area contributed by atoms with E-state index in [1.54, 1.807) is 73.7 Å². The van der Waals surface area contributed by atoms with Crippen LogP contribution in [0.1, 0.15) is 12.5 Å². The van der Waals surface area contributed by atoms with Crippen LogP contribution in [0.25, 0.3) is 16.6 Å². The number of hydrogen-bond donors (Lipinski definition) is 1. The number of anilines is 1. The van der Waals surface area contributed by atoms with E-state index in [1.165, 1.54) is 11.7 Å². The fourth-order valence-corrected chi connectivity index (χ4v) is 4.45. The molecule has 0 bridgehead atoms. The Morgan fingerprint density at radius 1 is 1.18 bits per heavy atom. The third-order valence-electron chi connectivity index (χ3n) is 5.04. The number of aromatic nitrogens is 2. The Morgan fingerprint density at radius 2 is 1.97 bits per heavy atom. The fraction of sp³-hybridized carbons (Fsp3) is 0.120. The number of para-hydroxylation sites is 2. The summed E-state index contributed by atoms with van der Waals surface area (Å²) in [7, 11) is 1.52. The summed E-state index contributed by atoms with van der Waals surface area (Å²) in [4.78, 5) is 31.1. The van der Waals surface area contributed by atoms with Gasteiger partial charge >= 0.3 is 0 Å². The lowest BCUT2D eigenvalue weighted by molar-refractivity contribution is -0.115. The van der Waals surface area contributed by atoms with E-state index < -0.39 is 5.25 Å². The SMILES string of the molecule is COc1ccccc1-n1c(SC(C)C(=O)Nc2cccc(C#N)c2)nc2cc(Cl)ccc2c1=O. The van der Waals surface area contributed by atoms with E-state index in [9.17, 15) is 9.59 Å². The van der Waals surface area contributed by atoms with Crippen LogP contribution in [-0.2, 0) is 4.79 Å². The number of halogens is 1. The van der Waals surface area contributed by atoms with E-state index in [-0.39, 0.29) is 11.5 Å². The van der Waals surface area contributed by atoms with E-state index in [1.807, 2.05) is 6.07 Å². The number of fused-ring (bicyclic) bond motifs is 1. The van der Waals surface area contributed by atoms with Crippen molar-refractivity contribution >= 4 is 45.9 Å². The third kappa shape index (κ3) is 4.76. The normalized spacial score (nSPS) is 11.6. The number of rotatable bonds is 6. The highest BCUT2D eigenvalue weighted by Gasteiger charge is 2.22. The van der Waals surface area contributed by atoms with E-state index in [4.69, 9.17) is 21.6 Å². The molecule has 4 aromatic rings. The summed E-state index contributed by atoms with van der Waals surface area (Å²) >= 11 is 7.27. The number of methoxy groups -OCH3 is 1. The monoisotopic (exact) mass is 490 g/mol. The molecule has 170 valence electrons. The summed E-state index contributed by atoms with van der Waals surface area (Å²) in [6.07, 6.45) is 0. The Labute approximate surface area is 205 Å². The minimum absolute atomic E-state index is 0.299. The molecule has 1 N–H and O–H groups in total. The van der Waals surface area contributed by atoms with Crippen molar-refractivity contribution in [1.29, 1.82) is 5.26 Å². The predicted molar refractivity (Wildman–Crippen MR) is 134 cm³/mol. The molecule has 0 radical (unpaired) electrons. The zero-order valence-corrected chi connectivity index (χ0v) is 19.9. The summed E-state index contributed by atoms with van der Waals surface area (Å²) in [5, 5.41) is 12.4. The topological polar surface area (TPSA) is 97.0 Å². The predicted octanol–water partition coefficient (Wildman–Crippen LogP) is 5.04. The first-order chi connectivity index (χ1) is 16.4. The molecule has 1 heterocycles. The molecule has 0 saturated carbocycles. The van der Waals surface area contributed by atoms with Crippen LogP contribution < -0.4 is 15.6 Å². The quantitative estimate of drug-likeness (QED) is 0.300. The lowest BCUT2D eigenvalue weighted by Crippen LogP contribution is -2.26. The van der Waals surface area contributed by atoms with Crippen LogP contribution in [0, 0.1) is 11.3 Å². The molecule has 0 saturated heterocycles. The molecule has 4 rings (SSSR count). The Balaban J connectivity index is 1.76. The van der Waals surface area contributed by atoms with Crippen LogP contribution in [0.5, 0.6) is 5.75 Å². The number of benzene rings is 3. The smallest absolute Gasteiger partial charge is 0.266 e. The average molecular weight is 491 g/mol. The van der Waals surface area contributed by atoms with Gasteiger partial charge in [0.1, 0.15) is 5.75 Å².